The van der Waals surface area contributed by atoms with E-state index in [-0.39, 0.29) is 23.9 Å². The molecule has 3 rings (SSSR count). The Labute approximate surface area is 150 Å². The summed E-state index contributed by atoms with van der Waals surface area (Å²) in [5.41, 5.74) is 1.65. The second-order valence-corrected chi connectivity index (χ2v) is 7.47. The minimum atomic E-state index is -0.252. The minimum Gasteiger partial charge on any atom is -0.333 e. The first-order valence-corrected chi connectivity index (χ1v) is 9.01. The van der Waals surface area contributed by atoms with Crippen molar-refractivity contribution in [2.75, 3.05) is 7.05 Å². The molecule has 3 heterocycles. The van der Waals surface area contributed by atoms with Crippen LogP contribution < -0.4 is 5.56 Å². The van der Waals surface area contributed by atoms with Crippen LogP contribution in [0.4, 0.5) is 0 Å². The smallest absolute Gasteiger partial charge is 0.275 e. The molecule has 9 heteroatoms. The summed E-state index contributed by atoms with van der Waals surface area (Å²) in [6.07, 6.45) is 0. The van der Waals surface area contributed by atoms with Crippen LogP contribution in [0.3, 0.4) is 0 Å². The second-order valence-electron chi connectivity index (χ2n) is 5.76. The van der Waals surface area contributed by atoms with Gasteiger partial charge < -0.3 is 9.88 Å². The van der Waals surface area contributed by atoms with E-state index >= 15 is 0 Å². The zero-order valence-corrected chi connectivity index (χ0v) is 15.8. The number of nitrogens with one attached hydrogen (secondary N) is 2. The van der Waals surface area contributed by atoms with Gasteiger partial charge in [0.25, 0.3) is 11.5 Å². The summed E-state index contributed by atoms with van der Waals surface area (Å²) in [5.74, 6) is 0.410. The summed E-state index contributed by atoms with van der Waals surface area (Å²) in [4.78, 5) is 33.2. The highest BCUT2D eigenvalue weighted by molar-refractivity contribution is 9.10. The Morgan fingerprint density at radius 2 is 2.21 bits per heavy atom. The fourth-order valence-electron chi connectivity index (χ4n) is 2.34. The molecule has 0 saturated carbocycles. The van der Waals surface area contributed by atoms with E-state index in [1.54, 1.807) is 13.1 Å². The molecule has 0 aliphatic rings. The lowest BCUT2D eigenvalue weighted by atomic mass is 10.1. The van der Waals surface area contributed by atoms with Crippen LogP contribution in [0.25, 0.3) is 10.2 Å². The van der Waals surface area contributed by atoms with Gasteiger partial charge in [-0.1, -0.05) is 13.8 Å². The predicted octanol–water partition coefficient (Wildman–Crippen LogP) is 2.87. The molecule has 1 amide bonds. The molecule has 0 radical (unpaired) electrons. The van der Waals surface area contributed by atoms with E-state index in [1.807, 2.05) is 19.2 Å². The van der Waals surface area contributed by atoms with E-state index in [1.165, 1.54) is 16.2 Å². The van der Waals surface area contributed by atoms with Crippen LogP contribution in [-0.4, -0.2) is 38.0 Å². The number of carbonyl (C=O) groups excluding carboxylic acids is 1. The molecule has 0 unspecified atom stereocenters. The molecule has 7 nitrogen and oxygen atoms in total. The van der Waals surface area contributed by atoms with Crippen molar-refractivity contribution in [2.45, 2.75) is 26.3 Å². The van der Waals surface area contributed by atoms with Crippen molar-refractivity contribution in [1.82, 2.24) is 25.1 Å². The summed E-state index contributed by atoms with van der Waals surface area (Å²) in [6.45, 7) is 4.22. The molecule has 3 aromatic heterocycles. The molecule has 0 aliphatic carbocycles. The number of H-pyrrole nitrogens is 2. The summed E-state index contributed by atoms with van der Waals surface area (Å²) in [6, 6.07) is 1.79. The Bertz CT molecular complexity index is 958. The van der Waals surface area contributed by atoms with Crippen molar-refractivity contribution < 1.29 is 4.79 Å². The van der Waals surface area contributed by atoms with E-state index in [2.05, 4.69) is 36.1 Å². The van der Waals surface area contributed by atoms with E-state index < -0.39 is 0 Å². The molecule has 0 aromatic carbocycles. The topological polar surface area (TPSA) is 94.7 Å². The monoisotopic (exact) mass is 409 g/mol. The van der Waals surface area contributed by atoms with Crippen LogP contribution in [0.2, 0.25) is 0 Å². The summed E-state index contributed by atoms with van der Waals surface area (Å²) in [5, 5.41) is 8.81. The maximum atomic E-state index is 12.6. The largest absolute Gasteiger partial charge is 0.333 e. The van der Waals surface area contributed by atoms with Gasteiger partial charge in [0.2, 0.25) is 0 Å². The Morgan fingerprint density at radius 1 is 1.46 bits per heavy atom. The standard InChI is InChI=1S/C15H16BrN5O2S/c1-7(2)11-10(16)12(20-19-11)15(23)21(3)6-9-17-8-4-5-24-13(8)14(22)18-9/h4-5,7H,6H2,1-3H3,(H,19,20)(H,17,18,22). The molecule has 0 aliphatic heterocycles. The number of hydrogen-bond acceptors (Lipinski definition) is 5. The highest BCUT2D eigenvalue weighted by Crippen LogP contribution is 2.26. The molecule has 0 saturated heterocycles. The second kappa shape index (κ2) is 6.48. The average Bonchev–Trinajstić information content (AvgIpc) is 3.13. The Kier molecular flexibility index (Phi) is 4.55. The summed E-state index contributed by atoms with van der Waals surface area (Å²) >= 11 is 4.78. The number of halogens is 1. The van der Waals surface area contributed by atoms with E-state index in [4.69, 9.17) is 0 Å². The Balaban J connectivity index is 1.84. The third-order valence-corrected chi connectivity index (χ3v) is 5.32. The third kappa shape index (κ3) is 3.01. The van der Waals surface area contributed by atoms with E-state index in [0.29, 0.717) is 26.2 Å². The van der Waals surface area contributed by atoms with Crippen molar-refractivity contribution in [2.24, 2.45) is 0 Å². The number of fused-ring (bicyclic) bond motifs is 1. The predicted molar refractivity (Wildman–Crippen MR) is 96.4 cm³/mol. The minimum absolute atomic E-state index is 0.186. The molecule has 2 N–H and O–H groups in total. The van der Waals surface area contributed by atoms with Gasteiger partial charge in [-0.05, 0) is 33.3 Å². The summed E-state index contributed by atoms with van der Waals surface area (Å²) < 4.78 is 1.26. The molecular formula is C15H16BrN5O2S. The maximum absolute atomic E-state index is 12.6. The zero-order chi connectivity index (χ0) is 17.4. The number of nitrogens with zero attached hydrogens (tertiary/aromatic N) is 3. The fraction of sp³-hybridized carbons (Fsp3) is 0.333. The van der Waals surface area contributed by atoms with Gasteiger partial charge >= 0.3 is 0 Å². The number of aromatic nitrogens is 4. The number of hydrogen-bond donors (Lipinski definition) is 2. The molecule has 24 heavy (non-hydrogen) atoms. The fourth-order valence-corrected chi connectivity index (χ4v) is 3.87. The van der Waals surface area contributed by atoms with Crippen molar-refractivity contribution in [3.8, 4) is 0 Å². The SMILES string of the molecule is CC(C)c1[nH]nc(C(=O)N(C)Cc2nc3ccsc3c(=O)[nH]2)c1Br. The molecular weight excluding hydrogens is 394 g/mol. The molecule has 3 aromatic rings. The zero-order valence-electron chi connectivity index (χ0n) is 13.4. The Hall–Kier alpha value is -2.00. The molecule has 0 bridgehead atoms. The lowest BCUT2D eigenvalue weighted by Crippen LogP contribution is -2.28. The highest BCUT2D eigenvalue weighted by atomic mass is 79.9. The van der Waals surface area contributed by atoms with Crippen LogP contribution in [-0.2, 0) is 6.54 Å². The summed E-state index contributed by atoms with van der Waals surface area (Å²) in [7, 11) is 1.65. The first-order chi connectivity index (χ1) is 11.4. The van der Waals surface area contributed by atoms with Gasteiger partial charge in [0.1, 0.15) is 10.5 Å². The van der Waals surface area contributed by atoms with E-state index in [0.717, 1.165) is 5.69 Å². The molecule has 0 atom stereocenters. The normalized spacial score (nSPS) is 11.4. The quantitative estimate of drug-likeness (QED) is 0.692. The third-order valence-electron chi connectivity index (χ3n) is 3.61. The molecule has 0 fully saturated rings. The van der Waals surface area contributed by atoms with Gasteiger partial charge in [0.15, 0.2) is 5.69 Å². The van der Waals surface area contributed by atoms with Crippen LogP contribution in [0.15, 0.2) is 20.7 Å². The van der Waals surface area contributed by atoms with Crippen LogP contribution in [0.1, 0.15) is 41.8 Å². The van der Waals surface area contributed by atoms with E-state index in [9.17, 15) is 9.59 Å². The van der Waals surface area contributed by atoms with Gasteiger partial charge in [-0.3, -0.25) is 14.7 Å². The number of aromatic amines is 2. The first-order valence-electron chi connectivity index (χ1n) is 7.34. The van der Waals surface area contributed by atoms with Gasteiger partial charge in [-0.2, -0.15) is 5.10 Å². The highest BCUT2D eigenvalue weighted by Gasteiger charge is 2.22. The number of amides is 1. The average molecular weight is 410 g/mol. The van der Waals surface area contributed by atoms with Crippen molar-refractivity contribution >= 4 is 43.4 Å². The van der Waals surface area contributed by atoms with Gasteiger partial charge in [0.05, 0.1) is 22.2 Å². The van der Waals surface area contributed by atoms with Crippen molar-refractivity contribution in [3.63, 3.8) is 0 Å². The number of carbonyl (C=O) groups is 1. The lowest BCUT2D eigenvalue weighted by Gasteiger charge is -2.15. The van der Waals surface area contributed by atoms with Crippen LogP contribution in [0.5, 0.6) is 0 Å². The van der Waals surface area contributed by atoms with Crippen molar-refractivity contribution in [1.29, 1.82) is 0 Å². The molecule has 0 spiro atoms. The van der Waals surface area contributed by atoms with Crippen molar-refractivity contribution in [3.05, 3.63) is 43.5 Å². The number of rotatable bonds is 4. The maximum Gasteiger partial charge on any atom is 0.275 e. The van der Waals surface area contributed by atoms with Gasteiger partial charge in [0, 0.05) is 7.05 Å². The number of thiophene rings is 1. The Morgan fingerprint density at radius 3 is 2.88 bits per heavy atom. The van der Waals surface area contributed by atoms with Gasteiger partial charge in [-0.15, -0.1) is 11.3 Å². The first kappa shape index (κ1) is 16.8. The van der Waals surface area contributed by atoms with Crippen LogP contribution >= 0.6 is 27.3 Å². The lowest BCUT2D eigenvalue weighted by molar-refractivity contribution is 0.0775. The van der Waals surface area contributed by atoms with Crippen LogP contribution in [0, 0.1) is 0 Å². The van der Waals surface area contributed by atoms with Gasteiger partial charge in [-0.25, -0.2) is 4.98 Å². The molecule has 126 valence electrons.